The van der Waals surface area contributed by atoms with Gasteiger partial charge in [0.15, 0.2) is 0 Å². The fraction of sp³-hybridized carbons (Fsp3) is 0.350. The molecule has 2 aromatic carbocycles. The van der Waals surface area contributed by atoms with Crippen molar-refractivity contribution in [3.05, 3.63) is 53.1 Å². The molecule has 1 amide bonds. The molecule has 0 saturated carbocycles. The highest BCUT2D eigenvalue weighted by molar-refractivity contribution is 7.89. The van der Waals surface area contributed by atoms with Crippen molar-refractivity contribution in [1.82, 2.24) is 4.31 Å². The zero-order valence-electron chi connectivity index (χ0n) is 16.2. The average molecular weight is 459 g/mol. The van der Waals surface area contributed by atoms with Crippen LogP contribution in [0.1, 0.15) is 19.8 Å². The molecule has 2 aromatic rings. The Bertz CT molecular complexity index is 1030. The lowest BCUT2D eigenvalue weighted by Crippen LogP contribution is -2.43. The number of anilines is 1. The van der Waals surface area contributed by atoms with Crippen LogP contribution in [0.3, 0.4) is 0 Å². The van der Waals surface area contributed by atoms with Crippen LogP contribution in [0.15, 0.2) is 41.3 Å². The van der Waals surface area contributed by atoms with Gasteiger partial charge in [0.1, 0.15) is 23.1 Å². The molecule has 162 valence electrons. The Kier molecular flexibility index (Phi) is 6.95. The number of ether oxygens (including phenoxy) is 1. The molecule has 0 aliphatic carbocycles. The lowest BCUT2D eigenvalue weighted by Gasteiger charge is -2.31. The number of hydrogen-bond donors (Lipinski definition) is 1. The van der Waals surface area contributed by atoms with E-state index in [1.165, 1.54) is 28.6 Å². The molecule has 1 N–H and O–H groups in total. The molecule has 1 aliphatic heterocycles. The van der Waals surface area contributed by atoms with E-state index in [1.807, 2.05) is 0 Å². The Labute approximate surface area is 178 Å². The second-order valence-electron chi connectivity index (χ2n) is 6.81. The molecular formula is C20H21ClF2N2O4S. The van der Waals surface area contributed by atoms with Crippen LogP contribution in [0.5, 0.6) is 5.75 Å². The molecule has 1 fully saturated rings. The van der Waals surface area contributed by atoms with E-state index in [0.29, 0.717) is 25.2 Å². The van der Waals surface area contributed by atoms with E-state index in [0.717, 1.165) is 12.1 Å². The Morgan fingerprint density at radius 2 is 1.97 bits per heavy atom. The highest BCUT2D eigenvalue weighted by Gasteiger charge is 2.34. The van der Waals surface area contributed by atoms with Gasteiger partial charge in [-0.05, 0) is 50.1 Å². The molecule has 0 spiro atoms. The Morgan fingerprint density at radius 1 is 1.27 bits per heavy atom. The predicted octanol–water partition coefficient (Wildman–Crippen LogP) is 4.06. The van der Waals surface area contributed by atoms with Gasteiger partial charge in [0.05, 0.1) is 22.4 Å². The molecular weight excluding hydrogens is 438 g/mol. The summed E-state index contributed by atoms with van der Waals surface area (Å²) in [7, 11) is -3.91. The largest absolute Gasteiger partial charge is 0.492 e. The Balaban J connectivity index is 1.76. The first-order valence-corrected chi connectivity index (χ1v) is 11.2. The van der Waals surface area contributed by atoms with Crippen LogP contribution < -0.4 is 10.1 Å². The zero-order valence-corrected chi connectivity index (χ0v) is 17.8. The van der Waals surface area contributed by atoms with Crippen molar-refractivity contribution in [3.63, 3.8) is 0 Å². The van der Waals surface area contributed by atoms with Gasteiger partial charge in [-0.25, -0.2) is 17.2 Å². The maximum atomic E-state index is 13.8. The molecule has 10 heteroatoms. The van der Waals surface area contributed by atoms with E-state index in [-0.39, 0.29) is 23.0 Å². The number of nitrogens with zero attached hydrogens (tertiary/aromatic N) is 1. The number of hydrogen-bond acceptors (Lipinski definition) is 4. The molecule has 0 aromatic heterocycles. The van der Waals surface area contributed by atoms with Gasteiger partial charge in [0.2, 0.25) is 15.9 Å². The minimum absolute atomic E-state index is 0.0165. The van der Waals surface area contributed by atoms with Gasteiger partial charge < -0.3 is 10.1 Å². The summed E-state index contributed by atoms with van der Waals surface area (Å²) in [4.78, 5) is 12.5. The Morgan fingerprint density at radius 3 is 2.60 bits per heavy atom. The second-order valence-corrected chi connectivity index (χ2v) is 9.16. The molecule has 1 unspecified atom stereocenters. The SMILES string of the molecule is CCOc1ccc(S(=O)(=O)N2CCCC(C(=O)Nc3c(F)cccc3F)C2)cc1Cl. The number of carbonyl (C=O) groups is 1. The summed E-state index contributed by atoms with van der Waals surface area (Å²) in [6, 6.07) is 7.44. The number of amides is 1. The van der Waals surface area contributed by atoms with Crippen molar-refractivity contribution in [3.8, 4) is 5.75 Å². The first-order valence-electron chi connectivity index (χ1n) is 9.41. The number of rotatable bonds is 6. The normalized spacial score (nSPS) is 17.5. The van der Waals surface area contributed by atoms with Crippen molar-refractivity contribution < 1.29 is 26.7 Å². The van der Waals surface area contributed by atoms with Gasteiger partial charge in [0.25, 0.3) is 0 Å². The summed E-state index contributed by atoms with van der Waals surface area (Å²) in [6.07, 6.45) is 0.833. The number of sulfonamides is 1. The summed E-state index contributed by atoms with van der Waals surface area (Å²) in [5, 5.41) is 2.41. The summed E-state index contributed by atoms with van der Waals surface area (Å²) in [6.45, 7) is 2.30. The molecule has 0 bridgehead atoms. The van der Waals surface area contributed by atoms with Gasteiger partial charge in [-0.15, -0.1) is 0 Å². The number of halogens is 3. The van der Waals surface area contributed by atoms with Gasteiger partial charge in [-0.1, -0.05) is 17.7 Å². The lowest BCUT2D eigenvalue weighted by molar-refractivity contribution is -0.120. The standard InChI is InChI=1S/C20H21ClF2N2O4S/c1-2-29-18-9-8-14(11-15(18)21)30(27,28)25-10-4-5-13(12-25)20(26)24-19-16(22)6-3-7-17(19)23/h3,6-9,11,13H,2,4-5,10,12H2,1H3,(H,24,26). The van der Waals surface area contributed by atoms with Gasteiger partial charge >= 0.3 is 0 Å². The first kappa shape index (κ1) is 22.5. The van der Waals surface area contributed by atoms with Crippen LogP contribution in [-0.4, -0.2) is 38.3 Å². The molecule has 6 nitrogen and oxygen atoms in total. The monoisotopic (exact) mass is 458 g/mol. The minimum atomic E-state index is -3.91. The maximum Gasteiger partial charge on any atom is 0.243 e. The maximum absolute atomic E-state index is 13.8. The molecule has 0 radical (unpaired) electrons. The van der Waals surface area contributed by atoms with E-state index >= 15 is 0 Å². The van der Waals surface area contributed by atoms with E-state index in [4.69, 9.17) is 16.3 Å². The highest BCUT2D eigenvalue weighted by atomic mass is 35.5. The van der Waals surface area contributed by atoms with Crippen molar-refractivity contribution in [1.29, 1.82) is 0 Å². The molecule has 1 heterocycles. The molecule has 3 rings (SSSR count). The number of piperidine rings is 1. The van der Waals surface area contributed by atoms with Crippen molar-refractivity contribution in [2.45, 2.75) is 24.7 Å². The van der Waals surface area contributed by atoms with E-state index in [1.54, 1.807) is 6.92 Å². The number of benzene rings is 2. The highest BCUT2D eigenvalue weighted by Crippen LogP contribution is 2.31. The van der Waals surface area contributed by atoms with Crippen molar-refractivity contribution in [2.24, 2.45) is 5.92 Å². The van der Waals surface area contributed by atoms with Crippen LogP contribution in [0.25, 0.3) is 0 Å². The predicted molar refractivity (Wildman–Crippen MR) is 109 cm³/mol. The van der Waals surface area contributed by atoms with Crippen LogP contribution >= 0.6 is 11.6 Å². The average Bonchev–Trinajstić information content (AvgIpc) is 2.72. The molecule has 30 heavy (non-hydrogen) atoms. The van der Waals surface area contributed by atoms with Crippen LogP contribution in [0.2, 0.25) is 5.02 Å². The van der Waals surface area contributed by atoms with Gasteiger partial charge in [-0.3, -0.25) is 4.79 Å². The second kappa shape index (κ2) is 9.28. The molecule has 1 aliphatic rings. The lowest BCUT2D eigenvalue weighted by atomic mass is 9.98. The third kappa shape index (κ3) is 4.74. The third-order valence-electron chi connectivity index (χ3n) is 4.81. The topological polar surface area (TPSA) is 75.7 Å². The van der Waals surface area contributed by atoms with E-state index < -0.39 is 39.2 Å². The summed E-state index contributed by atoms with van der Waals surface area (Å²) >= 11 is 6.11. The fourth-order valence-corrected chi connectivity index (χ4v) is 5.13. The summed E-state index contributed by atoms with van der Waals surface area (Å²) in [5.41, 5.74) is -0.541. The van der Waals surface area contributed by atoms with Gasteiger partial charge in [-0.2, -0.15) is 4.31 Å². The van der Waals surface area contributed by atoms with Crippen molar-refractivity contribution >= 4 is 33.2 Å². The van der Waals surface area contributed by atoms with Crippen LogP contribution in [0.4, 0.5) is 14.5 Å². The Hall–Kier alpha value is -2.23. The fourth-order valence-electron chi connectivity index (χ4n) is 3.28. The first-order chi connectivity index (χ1) is 14.2. The van der Waals surface area contributed by atoms with E-state index in [9.17, 15) is 22.0 Å². The molecule has 1 atom stereocenters. The third-order valence-corrected chi connectivity index (χ3v) is 6.96. The zero-order chi connectivity index (χ0) is 21.9. The minimum Gasteiger partial charge on any atom is -0.492 e. The van der Waals surface area contributed by atoms with Crippen molar-refractivity contribution in [2.75, 3.05) is 25.0 Å². The van der Waals surface area contributed by atoms with Crippen LogP contribution in [-0.2, 0) is 14.8 Å². The number of carbonyl (C=O) groups excluding carboxylic acids is 1. The smallest absolute Gasteiger partial charge is 0.243 e. The van der Waals surface area contributed by atoms with Gasteiger partial charge in [0, 0.05) is 13.1 Å². The number of para-hydroxylation sites is 1. The summed E-state index contributed by atoms with van der Waals surface area (Å²) < 4.78 is 60.2. The van der Waals surface area contributed by atoms with Crippen LogP contribution in [0, 0.1) is 17.6 Å². The number of nitrogens with one attached hydrogen (secondary N) is 1. The summed E-state index contributed by atoms with van der Waals surface area (Å²) in [5.74, 6) is -2.80. The van der Waals surface area contributed by atoms with E-state index in [2.05, 4.69) is 5.32 Å². The molecule has 1 saturated heterocycles. The quantitative estimate of drug-likeness (QED) is 0.708.